The number of rotatable bonds is 5. The SMILES string of the molecule is c1cnnc(N2CCC[C@@H](NCc3nc(-c4ccco4)no3)C2)c1. The molecule has 1 saturated heterocycles. The Kier molecular flexibility index (Phi) is 4.20. The minimum Gasteiger partial charge on any atom is -0.461 e. The summed E-state index contributed by atoms with van der Waals surface area (Å²) in [6, 6.07) is 7.85. The van der Waals surface area contributed by atoms with Crippen LogP contribution < -0.4 is 10.2 Å². The summed E-state index contributed by atoms with van der Waals surface area (Å²) in [6.07, 6.45) is 5.49. The summed E-state index contributed by atoms with van der Waals surface area (Å²) in [5.41, 5.74) is 0. The first kappa shape index (κ1) is 14.8. The fraction of sp³-hybridized carbons (Fsp3) is 0.375. The third kappa shape index (κ3) is 3.28. The van der Waals surface area contributed by atoms with Crippen LogP contribution in [0.4, 0.5) is 5.82 Å². The molecule has 0 radical (unpaired) electrons. The van der Waals surface area contributed by atoms with Gasteiger partial charge in [-0.2, -0.15) is 10.1 Å². The maximum absolute atomic E-state index is 5.27. The van der Waals surface area contributed by atoms with E-state index < -0.39 is 0 Å². The van der Waals surface area contributed by atoms with Crippen molar-refractivity contribution in [1.29, 1.82) is 0 Å². The van der Waals surface area contributed by atoms with Gasteiger partial charge in [-0.3, -0.25) is 0 Å². The Morgan fingerprint density at radius 1 is 1.29 bits per heavy atom. The van der Waals surface area contributed by atoms with Crippen LogP contribution in [0.3, 0.4) is 0 Å². The quantitative estimate of drug-likeness (QED) is 0.759. The van der Waals surface area contributed by atoms with Crippen LogP contribution in [0.15, 0.2) is 45.7 Å². The van der Waals surface area contributed by atoms with Gasteiger partial charge in [-0.25, -0.2) is 0 Å². The summed E-state index contributed by atoms with van der Waals surface area (Å²) in [5, 5.41) is 15.6. The largest absolute Gasteiger partial charge is 0.461 e. The highest BCUT2D eigenvalue weighted by Gasteiger charge is 2.21. The number of aromatic nitrogens is 4. The second-order valence-corrected chi connectivity index (χ2v) is 5.74. The van der Waals surface area contributed by atoms with E-state index in [1.807, 2.05) is 18.2 Å². The molecule has 8 heteroatoms. The zero-order chi connectivity index (χ0) is 16.2. The molecular formula is C16H18N6O2. The van der Waals surface area contributed by atoms with Crippen molar-refractivity contribution in [3.05, 3.63) is 42.6 Å². The van der Waals surface area contributed by atoms with Crippen molar-refractivity contribution in [2.75, 3.05) is 18.0 Å². The van der Waals surface area contributed by atoms with E-state index in [9.17, 15) is 0 Å². The Morgan fingerprint density at radius 2 is 2.29 bits per heavy atom. The van der Waals surface area contributed by atoms with Crippen molar-refractivity contribution < 1.29 is 8.94 Å². The fourth-order valence-corrected chi connectivity index (χ4v) is 2.88. The molecule has 0 spiro atoms. The third-order valence-electron chi connectivity index (χ3n) is 4.06. The molecule has 24 heavy (non-hydrogen) atoms. The molecule has 0 aromatic carbocycles. The molecule has 8 nitrogen and oxygen atoms in total. The van der Waals surface area contributed by atoms with E-state index in [-0.39, 0.29) is 0 Å². The van der Waals surface area contributed by atoms with Crippen molar-refractivity contribution >= 4 is 5.82 Å². The van der Waals surface area contributed by atoms with Crippen molar-refractivity contribution in [1.82, 2.24) is 25.7 Å². The van der Waals surface area contributed by atoms with Crippen LogP contribution in [-0.2, 0) is 6.54 Å². The van der Waals surface area contributed by atoms with Crippen molar-refractivity contribution in [2.24, 2.45) is 0 Å². The molecular weight excluding hydrogens is 308 g/mol. The highest BCUT2D eigenvalue weighted by atomic mass is 16.5. The van der Waals surface area contributed by atoms with Crippen LogP contribution in [-0.4, -0.2) is 39.5 Å². The number of piperidine rings is 1. The zero-order valence-electron chi connectivity index (χ0n) is 13.1. The first-order valence-electron chi connectivity index (χ1n) is 8.01. The van der Waals surface area contributed by atoms with Gasteiger partial charge in [0.15, 0.2) is 11.6 Å². The van der Waals surface area contributed by atoms with Crippen molar-refractivity contribution in [3.8, 4) is 11.6 Å². The maximum Gasteiger partial charge on any atom is 0.241 e. The van der Waals surface area contributed by atoms with Gasteiger partial charge in [0.2, 0.25) is 11.7 Å². The lowest BCUT2D eigenvalue weighted by Gasteiger charge is -2.33. The number of anilines is 1. The molecule has 1 atom stereocenters. The van der Waals surface area contributed by atoms with E-state index in [0.717, 1.165) is 31.7 Å². The normalized spacial score (nSPS) is 18.0. The van der Waals surface area contributed by atoms with Crippen molar-refractivity contribution in [2.45, 2.75) is 25.4 Å². The summed E-state index contributed by atoms with van der Waals surface area (Å²) >= 11 is 0. The van der Waals surface area contributed by atoms with E-state index in [0.29, 0.717) is 30.1 Å². The van der Waals surface area contributed by atoms with E-state index in [4.69, 9.17) is 8.94 Å². The fourth-order valence-electron chi connectivity index (χ4n) is 2.88. The molecule has 1 aliphatic heterocycles. The van der Waals surface area contributed by atoms with Gasteiger partial charge >= 0.3 is 0 Å². The Morgan fingerprint density at radius 3 is 3.12 bits per heavy atom. The van der Waals surface area contributed by atoms with Crippen molar-refractivity contribution in [3.63, 3.8) is 0 Å². The van der Waals surface area contributed by atoms with Crippen LogP contribution in [0.25, 0.3) is 11.6 Å². The van der Waals surface area contributed by atoms with E-state index in [1.165, 1.54) is 0 Å². The van der Waals surface area contributed by atoms with E-state index in [1.54, 1.807) is 18.5 Å². The van der Waals surface area contributed by atoms with Crippen LogP contribution in [0.2, 0.25) is 0 Å². The lowest BCUT2D eigenvalue weighted by molar-refractivity contribution is 0.343. The minimum absolute atomic E-state index is 0.347. The minimum atomic E-state index is 0.347. The van der Waals surface area contributed by atoms with Gasteiger partial charge in [0.25, 0.3) is 0 Å². The molecule has 0 saturated carbocycles. The lowest BCUT2D eigenvalue weighted by atomic mass is 10.1. The molecule has 0 bridgehead atoms. The maximum atomic E-state index is 5.27. The average molecular weight is 326 g/mol. The average Bonchev–Trinajstić information content (AvgIpc) is 3.32. The Labute approximate surface area is 138 Å². The number of furan rings is 1. The highest BCUT2D eigenvalue weighted by Crippen LogP contribution is 2.18. The number of hydrogen-bond donors (Lipinski definition) is 1. The topological polar surface area (TPSA) is 93.1 Å². The summed E-state index contributed by atoms with van der Waals surface area (Å²) in [4.78, 5) is 6.59. The van der Waals surface area contributed by atoms with Gasteiger partial charge in [0.1, 0.15) is 0 Å². The third-order valence-corrected chi connectivity index (χ3v) is 4.06. The standard InChI is InChI=1S/C16H18N6O2/c1-6-14(20-18-7-1)22-8-2-4-12(11-22)17-10-15-19-16(21-24-15)13-5-3-9-23-13/h1,3,5-7,9,12,17H,2,4,8,10-11H2/t12-/m1/s1. The molecule has 3 aromatic heterocycles. The molecule has 0 aliphatic carbocycles. The first-order chi connectivity index (χ1) is 11.9. The Hall–Kier alpha value is -2.74. The molecule has 1 aliphatic rings. The van der Waals surface area contributed by atoms with Gasteiger partial charge in [0.05, 0.1) is 12.8 Å². The van der Waals surface area contributed by atoms with E-state index >= 15 is 0 Å². The number of nitrogens with zero attached hydrogens (tertiary/aromatic N) is 5. The zero-order valence-corrected chi connectivity index (χ0v) is 13.1. The predicted molar refractivity (Wildman–Crippen MR) is 86.1 cm³/mol. The lowest BCUT2D eigenvalue weighted by Crippen LogP contribution is -2.45. The predicted octanol–water partition coefficient (Wildman–Crippen LogP) is 1.88. The Balaban J connectivity index is 1.34. The summed E-state index contributed by atoms with van der Waals surface area (Å²) in [6.45, 7) is 2.42. The molecule has 124 valence electrons. The summed E-state index contributed by atoms with van der Waals surface area (Å²) in [5.74, 6) is 2.55. The molecule has 1 fully saturated rings. The van der Waals surface area contributed by atoms with E-state index in [2.05, 4.69) is 30.6 Å². The van der Waals surface area contributed by atoms with Gasteiger partial charge in [-0.15, -0.1) is 5.10 Å². The van der Waals surface area contributed by atoms with Crippen LogP contribution >= 0.6 is 0 Å². The van der Waals surface area contributed by atoms with Gasteiger partial charge in [0, 0.05) is 25.3 Å². The van der Waals surface area contributed by atoms with Crippen LogP contribution in [0.5, 0.6) is 0 Å². The van der Waals surface area contributed by atoms with Crippen LogP contribution in [0.1, 0.15) is 18.7 Å². The molecule has 0 amide bonds. The van der Waals surface area contributed by atoms with Gasteiger partial charge < -0.3 is 19.2 Å². The highest BCUT2D eigenvalue weighted by molar-refractivity contribution is 5.44. The first-order valence-corrected chi connectivity index (χ1v) is 8.01. The molecule has 0 unspecified atom stereocenters. The molecule has 1 N–H and O–H groups in total. The molecule has 4 heterocycles. The number of hydrogen-bond acceptors (Lipinski definition) is 8. The molecule has 3 aromatic rings. The monoisotopic (exact) mass is 326 g/mol. The summed E-state index contributed by atoms with van der Waals surface area (Å²) in [7, 11) is 0. The summed E-state index contributed by atoms with van der Waals surface area (Å²) < 4.78 is 10.5. The Bertz CT molecular complexity index is 758. The van der Waals surface area contributed by atoms with Crippen LogP contribution in [0, 0.1) is 0 Å². The molecule has 4 rings (SSSR count). The van der Waals surface area contributed by atoms with Gasteiger partial charge in [-0.1, -0.05) is 5.16 Å². The second kappa shape index (κ2) is 6.79. The smallest absolute Gasteiger partial charge is 0.241 e. The van der Waals surface area contributed by atoms with Gasteiger partial charge in [-0.05, 0) is 37.1 Å². The second-order valence-electron chi connectivity index (χ2n) is 5.74. The number of nitrogens with one attached hydrogen (secondary N) is 1.